The van der Waals surface area contributed by atoms with Crippen molar-refractivity contribution in [1.29, 1.82) is 0 Å². The Morgan fingerprint density at radius 1 is 1.14 bits per heavy atom. The van der Waals surface area contributed by atoms with Crippen molar-refractivity contribution in [1.82, 2.24) is 0 Å². The molecule has 0 aliphatic heterocycles. The number of benzene rings is 2. The van der Waals surface area contributed by atoms with E-state index in [1.165, 1.54) is 12.1 Å². The highest BCUT2D eigenvalue weighted by molar-refractivity contribution is 5.95. The van der Waals surface area contributed by atoms with Crippen LogP contribution in [0.2, 0.25) is 0 Å². The van der Waals surface area contributed by atoms with Crippen LogP contribution in [0.4, 0.5) is 28.9 Å². The van der Waals surface area contributed by atoms with Gasteiger partial charge >= 0.3 is 5.97 Å². The number of hydrogen-bond donors (Lipinski definition) is 2. The predicted octanol–water partition coefficient (Wildman–Crippen LogP) is 4.65. The number of nitrogens with one attached hydrogen (secondary N) is 1. The van der Waals surface area contributed by atoms with Crippen molar-refractivity contribution in [2.45, 2.75) is 13.3 Å². The second kappa shape index (κ2) is 6.05. The summed E-state index contributed by atoms with van der Waals surface area (Å²) < 4.78 is 52.0. The van der Waals surface area contributed by atoms with Gasteiger partial charge in [0.15, 0.2) is 0 Å². The SMILES string of the molecule is Cc1cc(F)ccc1Nc1cc(C(F)F)c(F)cc1C(=O)O. The third kappa shape index (κ3) is 3.19. The molecule has 0 heterocycles. The maximum Gasteiger partial charge on any atom is 0.337 e. The van der Waals surface area contributed by atoms with Gasteiger partial charge in [0.2, 0.25) is 0 Å². The van der Waals surface area contributed by atoms with Crippen LogP contribution < -0.4 is 5.32 Å². The molecule has 0 aliphatic rings. The van der Waals surface area contributed by atoms with Crippen LogP contribution in [0.5, 0.6) is 0 Å². The number of aryl methyl sites for hydroxylation is 1. The zero-order valence-electron chi connectivity index (χ0n) is 11.3. The van der Waals surface area contributed by atoms with Gasteiger partial charge in [0.05, 0.1) is 16.8 Å². The van der Waals surface area contributed by atoms with E-state index in [4.69, 9.17) is 5.11 Å². The number of carboxylic acids is 1. The molecule has 0 saturated heterocycles. The molecule has 2 N–H and O–H groups in total. The van der Waals surface area contributed by atoms with Gasteiger partial charge in [0.1, 0.15) is 11.6 Å². The Balaban J connectivity index is 2.52. The molecule has 0 radical (unpaired) electrons. The van der Waals surface area contributed by atoms with Gasteiger partial charge in [-0.15, -0.1) is 0 Å². The number of hydrogen-bond acceptors (Lipinski definition) is 2. The van der Waals surface area contributed by atoms with E-state index in [2.05, 4.69) is 5.32 Å². The molecule has 116 valence electrons. The van der Waals surface area contributed by atoms with Gasteiger partial charge in [0, 0.05) is 5.69 Å². The van der Waals surface area contributed by atoms with Crippen LogP contribution in [0.25, 0.3) is 0 Å². The average molecular weight is 313 g/mol. The molecule has 0 saturated carbocycles. The molecule has 3 nitrogen and oxygen atoms in total. The first-order valence-corrected chi connectivity index (χ1v) is 6.17. The minimum Gasteiger partial charge on any atom is -0.478 e. The van der Waals surface area contributed by atoms with E-state index in [0.717, 1.165) is 12.1 Å². The highest BCUT2D eigenvalue weighted by Gasteiger charge is 2.20. The largest absolute Gasteiger partial charge is 0.478 e. The van der Waals surface area contributed by atoms with Crippen LogP contribution in [-0.4, -0.2) is 11.1 Å². The third-order valence-electron chi connectivity index (χ3n) is 3.06. The Morgan fingerprint density at radius 3 is 2.36 bits per heavy atom. The van der Waals surface area contributed by atoms with Gasteiger partial charge < -0.3 is 10.4 Å². The van der Waals surface area contributed by atoms with Gasteiger partial charge in [-0.05, 0) is 42.8 Å². The summed E-state index contributed by atoms with van der Waals surface area (Å²) in [6, 6.07) is 4.94. The van der Waals surface area contributed by atoms with E-state index in [1.54, 1.807) is 6.92 Å². The lowest BCUT2D eigenvalue weighted by atomic mass is 10.1. The topological polar surface area (TPSA) is 49.3 Å². The highest BCUT2D eigenvalue weighted by Crippen LogP contribution is 2.31. The fraction of sp³-hybridized carbons (Fsp3) is 0.133. The van der Waals surface area contributed by atoms with Crippen LogP contribution in [-0.2, 0) is 0 Å². The van der Waals surface area contributed by atoms with Gasteiger partial charge in [0.25, 0.3) is 6.43 Å². The van der Waals surface area contributed by atoms with Crippen molar-refractivity contribution in [3.05, 3.63) is 58.7 Å². The second-order valence-corrected chi connectivity index (χ2v) is 4.61. The highest BCUT2D eigenvalue weighted by atomic mass is 19.3. The third-order valence-corrected chi connectivity index (χ3v) is 3.06. The van der Waals surface area contributed by atoms with Crippen LogP contribution in [0, 0.1) is 18.6 Å². The number of aromatic carboxylic acids is 1. The molecule has 0 amide bonds. The molecular weight excluding hydrogens is 302 g/mol. The molecule has 0 spiro atoms. The minimum absolute atomic E-state index is 0.195. The van der Waals surface area contributed by atoms with Crippen LogP contribution in [0.15, 0.2) is 30.3 Å². The molecule has 0 atom stereocenters. The molecule has 0 fully saturated rings. The summed E-state index contributed by atoms with van der Waals surface area (Å²) >= 11 is 0. The van der Waals surface area contributed by atoms with Gasteiger partial charge in [-0.3, -0.25) is 0 Å². The number of carbonyl (C=O) groups is 1. The summed E-state index contributed by atoms with van der Waals surface area (Å²) in [5.41, 5.74) is -0.827. The number of carboxylic acid groups (broad SMARTS) is 1. The second-order valence-electron chi connectivity index (χ2n) is 4.61. The number of alkyl halides is 2. The molecular formula is C15H11F4NO2. The molecule has 2 aromatic carbocycles. The lowest BCUT2D eigenvalue weighted by Crippen LogP contribution is -2.06. The summed E-state index contributed by atoms with van der Waals surface area (Å²) in [4.78, 5) is 11.1. The Hall–Kier alpha value is -2.57. The number of rotatable bonds is 4. The average Bonchev–Trinajstić information content (AvgIpc) is 2.42. The van der Waals surface area contributed by atoms with Gasteiger partial charge in [-0.2, -0.15) is 0 Å². The van der Waals surface area contributed by atoms with E-state index >= 15 is 0 Å². The summed E-state index contributed by atoms with van der Waals surface area (Å²) in [5.74, 6) is -3.26. The van der Waals surface area contributed by atoms with Crippen molar-refractivity contribution >= 4 is 17.3 Å². The Bertz CT molecular complexity index is 732. The molecule has 7 heteroatoms. The normalized spacial score (nSPS) is 10.8. The van der Waals surface area contributed by atoms with Crippen molar-refractivity contribution in [3.63, 3.8) is 0 Å². The fourth-order valence-electron chi connectivity index (χ4n) is 1.95. The summed E-state index contributed by atoms with van der Waals surface area (Å²) in [6.45, 7) is 1.56. The first-order chi connectivity index (χ1) is 10.3. The zero-order chi connectivity index (χ0) is 16.4. The van der Waals surface area contributed by atoms with E-state index < -0.39 is 35.2 Å². The lowest BCUT2D eigenvalue weighted by molar-refractivity contribution is 0.0696. The quantitative estimate of drug-likeness (QED) is 0.808. The summed E-state index contributed by atoms with van der Waals surface area (Å²) in [5, 5.41) is 11.7. The molecule has 2 rings (SSSR count). The van der Waals surface area contributed by atoms with E-state index in [-0.39, 0.29) is 5.69 Å². The monoisotopic (exact) mass is 313 g/mol. The van der Waals surface area contributed by atoms with E-state index in [9.17, 15) is 22.4 Å². The molecule has 22 heavy (non-hydrogen) atoms. The Labute approximate surface area is 123 Å². The van der Waals surface area contributed by atoms with Crippen molar-refractivity contribution in [2.24, 2.45) is 0 Å². The molecule has 0 aromatic heterocycles. The number of anilines is 2. The van der Waals surface area contributed by atoms with Crippen molar-refractivity contribution in [2.75, 3.05) is 5.32 Å². The van der Waals surface area contributed by atoms with Crippen LogP contribution in [0.3, 0.4) is 0 Å². The van der Waals surface area contributed by atoms with E-state index in [0.29, 0.717) is 17.3 Å². The maximum atomic E-state index is 13.5. The maximum absolute atomic E-state index is 13.5. The lowest BCUT2D eigenvalue weighted by Gasteiger charge is -2.14. The standard InChI is InChI=1S/C15H11F4NO2/c1-7-4-8(16)2-3-12(7)20-13-6-9(14(18)19)11(17)5-10(13)15(21)22/h2-6,14,20H,1H3,(H,21,22). The van der Waals surface area contributed by atoms with Crippen LogP contribution >= 0.6 is 0 Å². The molecule has 2 aromatic rings. The molecule has 0 unspecified atom stereocenters. The first-order valence-electron chi connectivity index (χ1n) is 6.17. The van der Waals surface area contributed by atoms with Crippen LogP contribution in [0.1, 0.15) is 27.9 Å². The predicted molar refractivity (Wildman–Crippen MR) is 72.7 cm³/mol. The molecule has 0 aliphatic carbocycles. The summed E-state index contributed by atoms with van der Waals surface area (Å²) in [6.07, 6.45) is -3.09. The summed E-state index contributed by atoms with van der Waals surface area (Å²) in [7, 11) is 0. The van der Waals surface area contributed by atoms with Crippen molar-refractivity contribution in [3.8, 4) is 0 Å². The number of halogens is 4. The van der Waals surface area contributed by atoms with Gasteiger partial charge in [-0.25, -0.2) is 22.4 Å². The molecule has 0 bridgehead atoms. The van der Waals surface area contributed by atoms with E-state index in [1.807, 2.05) is 0 Å². The van der Waals surface area contributed by atoms with Crippen molar-refractivity contribution < 1.29 is 27.5 Å². The minimum atomic E-state index is -3.09. The van der Waals surface area contributed by atoms with Gasteiger partial charge in [-0.1, -0.05) is 0 Å². The smallest absolute Gasteiger partial charge is 0.337 e. The first kappa shape index (κ1) is 15.8. The Kier molecular flexibility index (Phi) is 4.35. The fourth-order valence-corrected chi connectivity index (χ4v) is 1.95. The zero-order valence-corrected chi connectivity index (χ0v) is 11.3. The Morgan fingerprint density at radius 2 is 1.82 bits per heavy atom.